The molecule has 1 aromatic rings. The van der Waals surface area contributed by atoms with Gasteiger partial charge in [-0.05, 0) is 34.8 Å². The van der Waals surface area contributed by atoms with Gasteiger partial charge in [0.15, 0.2) is 0 Å². The molecule has 0 aromatic heterocycles. The first-order valence-electron chi connectivity index (χ1n) is 6.82. The van der Waals surface area contributed by atoms with Crippen molar-refractivity contribution in [3.05, 3.63) is 28.2 Å². The Kier molecular flexibility index (Phi) is 6.35. The second-order valence-corrected chi connectivity index (χ2v) is 5.81. The van der Waals surface area contributed by atoms with Crippen LogP contribution in [0.2, 0.25) is 0 Å². The molecule has 0 aliphatic carbocycles. The van der Waals surface area contributed by atoms with E-state index in [4.69, 9.17) is 9.47 Å². The Hall–Kier alpha value is -0.760. The normalized spacial score (nSPS) is 19.7. The van der Waals surface area contributed by atoms with Gasteiger partial charge < -0.3 is 19.9 Å². The van der Waals surface area contributed by atoms with Crippen LogP contribution in [0.3, 0.4) is 0 Å². The van der Waals surface area contributed by atoms with Crippen molar-refractivity contribution < 1.29 is 23.4 Å². The fourth-order valence-electron chi connectivity index (χ4n) is 2.06. The van der Waals surface area contributed by atoms with E-state index in [-0.39, 0.29) is 29.4 Å². The minimum atomic E-state index is -0.783. The molecule has 0 radical (unpaired) electrons. The monoisotopic (exact) mass is 365 g/mol. The third kappa shape index (κ3) is 5.18. The molecule has 1 saturated heterocycles. The predicted molar refractivity (Wildman–Crippen MR) is 78.3 cm³/mol. The summed E-state index contributed by atoms with van der Waals surface area (Å²) in [5, 5.41) is 12.5. The molecule has 2 unspecified atom stereocenters. The van der Waals surface area contributed by atoms with Gasteiger partial charge in [0.05, 0.1) is 35.6 Å². The van der Waals surface area contributed by atoms with E-state index >= 15 is 0 Å². The van der Waals surface area contributed by atoms with Crippen LogP contribution in [0.15, 0.2) is 16.6 Å². The van der Waals surface area contributed by atoms with Gasteiger partial charge in [-0.2, -0.15) is 0 Å². The largest absolute Gasteiger partial charge is 0.389 e. The van der Waals surface area contributed by atoms with Crippen molar-refractivity contribution in [2.45, 2.75) is 25.0 Å². The van der Waals surface area contributed by atoms with E-state index < -0.39 is 17.7 Å². The van der Waals surface area contributed by atoms with Crippen LogP contribution in [-0.2, 0) is 9.47 Å². The number of aliphatic hydroxyl groups is 1. The lowest BCUT2D eigenvalue weighted by Gasteiger charge is -2.15. The molecule has 1 fully saturated rings. The van der Waals surface area contributed by atoms with Gasteiger partial charge in [0.1, 0.15) is 11.6 Å². The summed E-state index contributed by atoms with van der Waals surface area (Å²) in [4.78, 5) is 0. The molecule has 4 nitrogen and oxygen atoms in total. The van der Waals surface area contributed by atoms with E-state index in [1.54, 1.807) is 0 Å². The third-order valence-electron chi connectivity index (χ3n) is 3.18. The summed E-state index contributed by atoms with van der Waals surface area (Å²) in [6.45, 7) is 1.46. The summed E-state index contributed by atoms with van der Waals surface area (Å²) in [6.07, 6.45) is 1.34. The van der Waals surface area contributed by atoms with E-state index in [0.29, 0.717) is 6.61 Å². The Morgan fingerprint density at radius 3 is 2.95 bits per heavy atom. The predicted octanol–water partition coefficient (Wildman–Crippen LogP) is 2.70. The number of rotatable bonds is 7. The molecule has 0 saturated carbocycles. The van der Waals surface area contributed by atoms with Crippen molar-refractivity contribution in [2.75, 3.05) is 31.7 Å². The molecule has 0 spiro atoms. The maximum Gasteiger partial charge on any atom is 0.149 e. The summed E-state index contributed by atoms with van der Waals surface area (Å²) in [7, 11) is 0. The molecular weight excluding hydrogens is 348 g/mol. The number of halogens is 3. The Labute approximate surface area is 130 Å². The standard InChI is InChI=1S/C14H18BrF2NO3/c15-11-4-14(13(17)5-12(11)16)18-6-9(19)7-20-8-10-2-1-3-21-10/h4-5,9-10,18-19H,1-3,6-8H2. The molecule has 2 atom stereocenters. The van der Waals surface area contributed by atoms with E-state index in [2.05, 4.69) is 21.2 Å². The first-order valence-corrected chi connectivity index (χ1v) is 7.61. The van der Waals surface area contributed by atoms with Crippen LogP contribution in [0.25, 0.3) is 0 Å². The summed E-state index contributed by atoms with van der Waals surface area (Å²) in [5.74, 6) is -1.37. The first-order chi connectivity index (χ1) is 10.1. The number of aliphatic hydroxyl groups excluding tert-OH is 1. The number of hydrogen-bond acceptors (Lipinski definition) is 4. The fourth-order valence-corrected chi connectivity index (χ4v) is 2.40. The highest BCUT2D eigenvalue weighted by atomic mass is 79.9. The molecule has 0 bridgehead atoms. The zero-order valence-electron chi connectivity index (χ0n) is 11.4. The SMILES string of the molecule is OC(CNc1cc(Br)c(F)cc1F)COCC1CCCO1. The van der Waals surface area contributed by atoms with Crippen molar-refractivity contribution in [3.8, 4) is 0 Å². The molecule has 1 aromatic carbocycles. The Balaban J connectivity index is 1.70. The van der Waals surface area contributed by atoms with E-state index in [0.717, 1.165) is 25.5 Å². The molecule has 1 aliphatic heterocycles. The Bertz CT molecular complexity index is 470. The van der Waals surface area contributed by atoms with Crippen molar-refractivity contribution >= 4 is 21.6 Å². The van der Waals surface area contributed by atoms with Crippen LogP contribution in [0.1, 0.15) is 12.8 Å². The van der Waals surface area contributed by atoms with Gasteiger partial charge in [-0.15, -0.1) is 0 Å². The second kappa shape index (κ2) is 8.03. The number of benzene rings is 1. The quantitative estimate of drug-likeness (QED) is 0.729. The molecule has 7 heteroatoms. The fraction of sp³-hybridized carbons (Fsp3) is 0.571. The lowest BCUT2D eigenvalue weighted by Crippen LogP contribution is -2.27. The highest BCUT2D eigenvalue weighted by Crippen LogP contribution is 2.23. The summed E-state index contributed by atoms with van der Waals surface area (Å²) in [5.41, 5.74) is 0.126. The van der Waals surface area contributed by atoms with Crippen molar-refractivity contribution in [2.24, 2.45) is 0 Å². The van der Waals surface area contributed by atoms with Crippen molar-refractivity contribution in [1.29, 1.82) is 0 Å². The van der Waals surface area contributed by atoms with E-state index in [9.17, 15) is 13.9 Å². The van der Waals surface area contributed by atoms with Gasteiger partial charge in [-0.3, -0.25) is 0 Å². The van der Waals surface area contributed by atoms with Crippen molar-refractivity contribution in [1.82, 2.24) is 0 Å². The smallest absolute Gasteiger partial charge is 0.149 e. The third-order valence-corrected chi connectivity index (χ3v) is 3.78. The summed E-state index contributed by atoms with van der Waals surface area (Å²) in [6, 6.07) is 2.08. The highest BCUT2D eigenvalue weighted by Gasteiger charge is 2.16. The van der Waals surface area contributed by atoms with E-state index in [1.807, 2.05) is 0 Å². The van der Waals surface area contributed by atoms with Crippen molar-refractivity contribution in [3.63, 3.8) is 0 Å². The minimum Gasteiger partial charge on any atom is -0.389 e. The van der Waals surface area contributed by atoms with Crippen LogP contribution >= 0.6 is 15.9 Å². The van der Waals surface area contributed by atoms with Crippen LogP contribution < -0.4 is 5.32 Å². The molecule has 1 heterocycles. The maximum absolute atomic E-state index is 13.5. The second-order valence-electron chi connectivity index (χ2n) is 4.95. The average Bonchev–Trinajstić information content (AvgIpc) is 2.94. The number of nitrogens with one attached hydrogen (secondary N) is 1. The lowest BCUT2D eigenvalue weighted by molar-refractivity contribution is -0.0137. The number of ether oxygens (including phenoxy) is 2. The maximum atomic E-state index is 13.5. The summed E-state index contributed by atoms with van der Waals surface area (Å²) < 4.78 is 37.5. The molecule has 2 N–H and O–H groups in total. The van der Waals surface area contributed by atoms with Crippen LogP contribution in [0, 0.1) is 11.6 Å². The zero-order chi connectivity index (χ0) is 15.2. The lowest BCUT2D eigenvalue weighted by atomic mass is 10.2. The van der Waals surface area contributed by atoms with Crippen LogP contribution in [0.4, 0.5) is 14.5 Å². The van der Waals surface area contributed by atoms with Crippen LogP contribution in [-0.4, -0.2) is 43.7 Å². The highest BCUT2D eigenvalue weighted by molar-refractivity contribution is 9.10. The van der Waals surface area contributed by atoms with Gasteiger partial charge in [-0.25, -0.2) is 8.78 Å². The molecular formula is C14H18BrF2NO3. The van der Waals surface area contributed by atoms with Gasteiger partial charge in [0.2, 0.25) is 0 Å². The topological polar surface area (TPSA) is 50.7 Å². The Morgan fingerprint density at radius 2 is 2.24 bits per heavy atom. The van der Waals surface area contributed by atoms with Gasteiger partial charge in [0.25, 0.3) is 0 Å². The zero-order valence-corrected chi connectivity index (χ0v) is 13.0. The first kappa shape index (κ1) is 16.6. The van der Waals surface area contributed by atoms with E-state index in [1.165, 1.54) is 6.07 Å². The molecule has 2 rings (SSSR count). The average molecular weight is 366 g/mol. The van der Waals surface area contributed by atoms with Gasteiger partial charge in [0, 0.05) is 19.2 Å². The van der Waals surface area contributed by atoms with Gasteiger partial charge in [-0.1, -0.05) is 0 Å². The van der Waals surface area contributed by atoms with Gasteiger partial charge >= 0.3 is 0 Å². The molecule has 118 valence electrons. The molecule has 21 heavy (non-hydrogen) atoms. The Morgan fingerprint density at radius 1 is 1.43 bits per heavy atom. The minimum absolute atomic E-state index is 0.107. The molecule has 0 amide bonds. The number of hydrogen-bond donors (Lipinski definition) is 2. The van der Waals surface area contributed by atoms with Crippen LogP contribution in [0.5, 0.6) is 0 Å². The molecule has 1 aliphatic rings. The summed E-state index contributed by atoms with van der Waals surface area (Å²) >= 11 is 2.98. The number of anilines is 1.